The van der Waals surface area contributed by atoms with Crippen molar-refractivity contribution in [3.8, 4) is 0 Å². The molecule has 1 atom stereocenters. The van der Waals surface area contributed by atoms with Crippen LogP contribution in [0.25, 0.3) is 0 Å². The molecule has 1 nitrogen and oxygen atoms in total. The summed E-state index contributed by atoms with van der Waals surface area (Å²) in [5, 5.41) is 0. The zero-order valence-electron chi connectivity index (χ0n) is 11.2. The molecule has 2 N–H and O–H groups in total. The van der Waals surface area contributed by atoms with Crippen molar-refractivity contribution in [2.45, 2.75) is 33.7 Å². The third-order valence-electron chi connectivity index (χ3n) is 3.23. The van der Waals surface area contributed by atoms with Gasteiger partial charge < -0.3 is 5.73 Å². The summed E-state index contributed by atoms with van der Waals surface area (Å²) in [5.41, 5.74) is 12.8. The Hall–Kier alpha value is -0.640. The van der Waals surface area contributed by atoms with Crippen LogP contribution in [-0.4, -0.2) is 0 Å². The maximum atomic E-state index is 6.44. The summed E-state index contributed by atoms with van der Waals surface area (Å²) in [5.74, 6) is 0. The van der Waals surface area contributed by atoms with Gasteiger partial charge in [-0.15, -0.1) is 11.3 Å². The van der Waals surface area contributed by atoms with Crippen LogP contribution in [-0.2, 0) is 0 Å². The minimum absolute atomic E-state index is 0.0272. The van der Waals surface area contributed by atoms with Crippen LogP contribution in [0.3, 0.4) is 0 Å². The fraction of sp³-hybridized carbons (Fsp3) is 0.333. The molecule has 3 heteroatoms. The quantitative estimate of drug-likeness (QED) is 0.844. The molecule has 0 radical (unpaired) electrons. The van der Waals surface area contributed by atoms with E-state index in [4.69, 9.17) is 5.73 Å². The van der Waals surface area contributed by atoms with Crippen LogP contribution in [0, 0.1) is 27.7 Å². The van der Waals surface area contributed by atoms with Crippen LogP contribution in [0.2, 0.25) is 0 Å². The number of nitrogens with two attached hydrogens (primary N) is 1. The third kappa shape index (κ3) is 2.53. The lowest BCUT2D eigenvalue weighted by Gasteiger charge is -2.17. The lowest BCUT2D eigenvalue weighted by atomic mass is 9.93. The highest BCUT2D eigenvalue weighted by molar-refractivity contribution is 9.11. The first-order valence-corrected chi connectivity index (χ1v) is 7.60. The van der Waals surface area contributed by atoms with Crippen molar-refractivity contribution in [3.63, 3.8) is 0 Å². The maximum Gasteiger partial charge on any atom is 0.0731 e. The molecule has 0 saturated carbocycles. The van der Waals surface area contributed by atoms with Crippen molar-refractivity contribution >= 4 is 27.3 Å². The van der Waals surface area contributed by atoms with E-state index in [1.54, 1.807) is 11.3 Å². The van der Waals surface area contributed by atoms with E-state index in [1.165, 1.54) is 36.5 Å². The molecule has 0 saturated heterocycles. The summed E-state index contributed by atoms with van der Waals surface area (Å²) < 4.78 is 1.18. The van der Waals surface area contributed by atoms with Gasteiger partial charge in [-0.2, -0.15) is 0 Å². The number of benzene rings is 1. The number of rotatable bonds is 2. The minimum atomic E-state index is -0.0272. The largest absolute Gasteiger partial charge is 0.320 e. The fourth-order valence-corrected chi connectivity index (χ4v) is 4.04. The lowest BCUT2D eigenvalue weighted by Crippen LogP contribution is -2.13. The number of hydrogen-bond donors (Lipinski definition) is 1. The normalized spacial score (nSPS) is 12.8. The fourth-order valence-electron chi connectivity index (χ4n) is 2.46. The van der Waals surface area contributed by atoms with Gasteiger partial charge in [0.1, 0.15) is 0 Å². The molecule has 96 valence electrons. The highest BCUT2D eigenvalue weighted by atomic mass is 79.9. The molecule has 0 fully saturated rings. The average molecular weight is 324 g/mol. The Morgan fingerprint density at radius 1 is 1.00 bits per heavy atom. The predicted octanol–water partition coefficient (Wildman–Crippen LogP) is 4.79. The molecule has 0 amide bonds. The molecule has 1 unspecified atom stereocenters. The number of halogens is 1. The first kappa shape index (κ1) is 13.8. The van der Waals surface area contributed by atoms with Crippen molar-refractivity contribution in [3.05, 3.63) is 54.7 Å². The molecule has 0 bridgehead atoms. The van der Waals surface area contributed by atoms with Gasteiger partial charge >= 0.3 is 0 Å². The van der Waals surface area contributed by atoms with Gasteiger partial charge in [0.2, 0.25) is 0 Å². The highest BCUT2D eigenvalue weighted by Crippen LogP contribution is 2.35. The summed E-state index contributed by atoms with van der Waals surface area (Å²) in [7, 11) is 0. The summed E-state index contributed by atoms with van der Waals surface area (Å²) in [6.07, 6.45) is 0. The molecule has 0 aliphatic heterocycles. The molecule has 1 heterocycles. The lowest BCUT2D eigenvalue weighted by molar-refractivity contribution is 0.869. The number of aryl methyl sites for hydroxylation is 4. The second-order valence-corrected chi connectivity index (χ2v) is 7.30. The molecule has 0 spiro atoms. The van der Waals surface area contributed by atoms with Gasteiger partial charge in [-0.05, 0) is 71.9 Å². The van der Waals surface area contributed by atoms with Crippen LogP contribution >= 0.6 is 27.3 Å². The van der Waals surface area contributed by atoms with Crippen LogP contribution in [0.1, 0.15) is 38.7 Å². The molecule has 18 heavy (non-hydrogen) atoms. The van der Waals surface area contributed by atoms with Crippen molar-refractivity contribution in [2.24, 2.45) is 5.73 Å². The van der Waals surface area contributed by atoms with Crippen LogP contribution in [0.4, 0.5) is 0 Å². The Labute approximate surface area is 121 Å². The molecule has 2 rings (SSSR count). The zero-order chi connectivity index (χ0) is 13.4. The van der Waals surface area contributed by atoms with Crippen molar-refractivity contribution in [2.75, 3.05) is 0 Å². The van der Waals surface area contributed by atoms with Gasteiger partial charge in [0.05, 0.1) is 9.83 Å². The van der Waals surface area contributed by atoms with Gasteiger partial charge in [-0.1, -0.05) is 17.7 Å². The monoisotopic (exact) mass is 323 g/mol. The molecule has 2 aromatic rings. The first-order chi connectivity index (χ1) is 8.40. The third-order valence-corrected chi connectivity index (χ3v) is 5.45. The molecule has 1 aromatic carbocycles. The second kappa shape index (κ2) is 5.16. The van der Waals surface area contributed by atoms with Crippen LogP contribution < -0.4 is 5.73 Å². The summed E-state index contributed by atoms with van der Waals surface area (Å²) >= 11 is 5.30. The van der Waals surface area contributed by atoms with Gasteiger partial charge in [-0.3, -0.25) is 0 Å². The number of thiophene rings is 1. The highest BCUT2D eigenvalue weighted by Gasteiger charge is 2.17. The van der Waals surface area contributed by atoms with Gasteiger partial charge in [0.25, 0.3) is 0 Å². The van der Waals surface area contributed by atoms with Crippen molar-refractivity contribution in [1.82, 2.24) is 0 Å². The Kier molecular flexibility index (Phi) is 3.95. The van der Waals surface area contributed by atoms with E-state index in [0.29, 0.717) is 0 Å². The zero-order valence-corrected chi connectivity index (χ0v) is 13.6. The topological polar surface area (TPSA) is 26.0 Å². The van der Waals surface area contributed by atoms with Gasteiger partial charge in [0.15, 0.2) is 0 Å². The average Bonchev–Trinajstić information content (AvgIpc) is 2.57. The van der Waals surface area contributed by atoms with E-state index in [0.717, 1.165) is 0 Å². The van der Waals surface area contributed by atoms with E-state index in [9.17, 15) is 0 Å². The van der Waals surface area contributed by atoms with E-state index in [-0.39, 0.29) is 6.04 Å². The van der Waals surface area contributed by atoms with Gasteiger partial charge in [0, 0.05) is 4.88 Å². The van der Waals surface area contributed by atoms with Crippen LogP contribution in [0.15, 0.2) is 22.0 Å². The number of hydrogen-bond acceptors (Lipinski definition) is 2. The minimum Gasteiger partial charge on any atom is -0.320 e. The molecular weight excluding hydrogens is 306 g/mol. The Balaban J connectivity index is 2.49. The first-order valence-electron chi connectivity index (χ1n) is 5.99. The van der Waals surface area contributed by atoms with Crippen molar-refractivity contribution < 1.29 is 0 Å². The maximum absolute atomic E-state index is 6.44. The molecule has 1 aromatic heterocycles. The van der Waals surface area contributed by atoms with E-state index in [2.05, 4.69) is 61.8 Å². The SMILES string of the molecule is Cc1cc(C)c(C(N)c2cc(C)c(Br)s2)c(C)c1. The molecular formula is C15H18BrNS. The van der Waals surface area contributed by atoms with Gasteiger partial charge in [-0.25, -0.2) is 0 Å². The summed E-state index contributed by atoms with van der Waals surface area (Å²) in [6.45, 7) is 8.52. The van der Waals surface area contributed by atoms with Crippen LogP contribution in [0.5, 0.6) is 0 Å². The Morgan fingerprint density at radius 2 is 1.56 bits per heavy atom. The second-order valence-electron chi connectivity index (χ2n) is 4.90. The van der Waals surface area contributed by atoms with E-state index >= 15 is 0 Å². The van der Waals surface area contributed by atoms with Crippen molar-refractivity contribution in [1.29, 1.82) is 0 Å². The van der Waals surface area contributed by atoms with E-state index < -0.39 is 0 Å². The van der Waals surface area contributed by atoms with E-state index in [1.807, 2.05) is 0 Å². The summed E-state index contributed by atoms with van der Waals surface area (Å²) in [6, 6.07) is 6.56. The Morgan fingerprint density at radius 3 is 2.00 bits per heavy atom. The molecule has 0 aliphatic carbocycles. The smallest absolute Gasteiger partial charge is 0.0731 e. The standard InChI is InChI=1S/C15H18BrNS/c1-8-5-9(2)13(10(3)6-8)14(17)12-7-11(4)15(16)18-12/h5-7,14H,17H2,1-4H3. The molecule has 0 aliphatic rings. The summed E-state index contributed by atoms with van der Waals surface area (Å²) in [4.78, 5) is 1.22. The predicted molar refractivity (Wildman–Crippen MR) is 83.4 cm³/mol. The Bertz CT molecular complexity index is 544.